The summed E-state index contributed by atoms with van der Waals surface area (Å²) in [5.74, 6) is -0.347. The van der Waals surface area contributed by atoms with Gasteiger partial charge in [-0.3, -0.25) is 4.90 Å². The van der Waals surface area contributed by atoms with Gasteiger partial charge >= 0.3 is 0 Å². The summed E-state index contributed by atoms with van der Waals surface area (Å²) in [6.07, 6.45) is 5.20. The van der Waals surface area contributed by atoms with E-state index in [2.05, 4.69) is 4.90 Å². The monoisotopic (exact) mass is 227 g/mol. The van der Waals surface area contributed by atoms with Gasteiger partial charge in [-0.05, 0) is 32.2 Å². The summed E-state index contributed by atoms with van der Waals surface area (Å²) in [6.45, 7) is 3.37. The zero-order chi connectivity index (χ0) is 11.0. The first-order valence-electron chi connectivity index (χ1n) is 6.49. The van der Waals surface area contributed by atoms with E-state index in [1.54, 1.807) is 0 Å². The Hall–Kier alpha value is -0.160. The van der Waals surface area contributed by atoms with Crippen molar-refractivity contribution in [2.24, 2.45) is 0 Å². The third-order valence-electron chi connectivity index (χ3n) is 4.17. The molecule has 0 radical (unpaired) electrons. The van der Waals surface area contributed by atoms with Crippen molar-refractivity contribution in [1.82, 2.24) is 4.90 Å². The highest BCUT2D eigenvalue weighted by atomic mass is 16.7. The van der Waals surface area contributed by atoms with Crippen LogP contribution in [0.4, 0.5) is 0 Å². The van der Waals surface area contributed by atoms with Crippen LogP contribution in [0.2, 0.25) is 0 Å². The third kappa shape index (κ3) is 1.88. The quantitative estimate of drug-likeness (QED) is 0.717. The van der Waals surface area contributed by atoms with E-state index < -0.39 is 0 Å². The van der Waals surface area contributed by atoms with Crippen LogP contribution < -0.4 is 0 Å². The lowest BCUT2D eigenvalue weighted by atomic mass is 10.0. The van der Waals surface area contributed by atoms with Crippen molar-refractivity contribution < 1.29 is 14.6 Å². The summed E-state index contributed by atoms with van der Waals surface area (Å²) in [5, 5.41) is 9.95. The van der Waals surface area contributed by atoms with Gasteiger partial charge < -0.3 is 14.6 Å². The molecule has 3 fully saturated rings. The standard InChI is InChI=1S/C12H21NO3/c14-11-4-1-3-10(11)13-6-2-5-12(9-13)15-7-8-16-12/h10-11,14H,1-9H2. The lowest BCUT2D eigenvalue weighted by Crippen LogP contribution is -2.54. The van der Waals surface area contributed by atoms with Gasteiger partial charge in [0.2, 0.25) is 0 Å². The Bertz CT molecular complexity index is 253. The maximum Gasteiger partial charge on any atom is 0.181 e. The zero-order valence-corrected chi connectivity index (χ0v) is 9.73. The first-order chi connectivity index (χ1) is 7.79. The molecule has 92 valence electrons. The molecule has 3 rings (SSSR count). The van der Waals surface area contributed by atoms with Crippen molar-refractivity contribution in [2.45, 2.75) is 50.0 Å². The number of aliphatic hydroxyl groups is 1. The minimum absolute atomic E-state index is 0.142. The van der Waals surface area contributed by atoms with Gasteiger partial charge in [-0.2, -0.15) is 0 Å². The molecule has 2 aliphatic heterocycles. The fourth-order valence-electron chi connectivity index (χ4n) is 3.38. The normalized spacial score (nSPS) is 39.6. The van der Waals surface area contributed by atoms with Crippen molar-refractivity contribution in [2.75, 3.05) is 26.3 Å². The first kappa shape index (κ1) is 11.0. The molecule has 1 saturated carbocycles. The molecule has 3 aliphatic rings. The van der Waals surface area contributed by atoms with Gasteiger partial charge in [-0.25, -0.2) is 0 Å². The van der Waals surface area contributed by atoms with Gasteiger partial charge in [0.25, 0.3) is 0 Å². The second-order valence-corrected chi connectivity index (χ2v) is 5.25. The summed E-state index contributed by atoms with van der Waals surface area (Å²) >= 11 is 0. The average Bonchev–Trinajstić information content (AvgIpc) is 2.88. The lowest BCUT2D eigenvalue weighted by molar-refractivity contribution is -0.196. The molecule has 1 aliphatic carbocycles. The molecule has 0 aromatic heterocycles. The van der Waals surface area contributed by atoms with E-state index >= 15 is 0 Å². The summed E-state index contributed by atoms with van der Waals surface area (Å²) < 4.78 is 11.5. The summed E-state index contributed by atoms with van der Waals surface area (Å²) in [4.78, 5) is 2.38. The number of piperidine rings is 1. The summed E-state index contributed by atoms with van der Waals surface area (Å²) in [6, 6.07) is 0.338. The highest BCUT2D eigenvalue weighted by molar-refractivity contribution is 4.92. The molecular formula is C12H21NO3. The lowest BCUT2D eigenvalue weighted by Gasteiger charge is -2.42. The fraction of sp³-hybridized carbons (Fsp3) is 1.00. The number of hydrogen-bond acceptors (Lipinski definition) is 4. The third-order valence-corrected chi connectivity index (χ3v) is 4.17. The number of hydrogen-bond donors (Lipinski definition) is 1. The largest absolute Gasteiger partial charge is 0.391 e. The molecule has 2 saturated heterocycles. The maximum absolute atomic E-state index is 9.95. The van der Waals surface area contributed by atoms with Gasteiger partial charge in [-0.15, -0.1) is 0 Å². The van der Waals surface area contributed by atoms with Crippen LogP contribution in [-0.4, -0.2) is 54.2 Å². The molecule has 2 atom stereocenters. The van der Waals surface area contributed by atoms with Crippen molar-refractivity contribution in [1.29, 1.82) is 0 Å². The molecule has 0 aromatic rings. The van der Waals surface area contributed by atoms with Gasteiger partial charge in [-0.1, -0.05) is 0 Å². The first-order valence-corrected chi connectivity index (χ1v) is 6.49. The molecule has 0 amide bonds. The van der Waals surface area contributed by atoms with Gasteiger partial charge in [0.05, 0.1) is 25.9 Å². The van der Waals surface area contributed by atoms with Crippen LogP contribution in [-0.2, 0) is 9.47 Å². The summed E-state index contributed by atoms with van der Waals surface area (Å²) in [7, 11) is 0. The number of likely N-dealkylation sites (tertiary alicyclic amines) is 1. The van der Waals surface area contributed by atoms with Crippen LogP contribution in [0.3, 0.4) is 0 Å². The Labute approximate surface area is 96.5 Å². The van der Waals surface area contributed by atoms with Crippen LogP contribution in [0.15, 0.2) is 0 Å². The predicted molar refractivity (Wildman–Crippen MR) is 59.1 cm³/mol. The van der Waals surface area contributed by atoms with E-state index in [9.17, 15) is 5.11 Å². The van der Waals surface area contributed by atoms with E-state index in [1.807, 2.05) is 0 Å². The van der Waals surface area contributed by atoms with Crippen molar-refractivity contribution in [3.8, 4) is 0 Å². The van der Waals surface area contributed by atoms with Crippen LogP contribution in [0, 0.1) is 0 Å². The highest BCUT2D eigenvalue weighted by Crippen LogP contribution is 2.34. The Morgan fingerprint density at radius 1 is 1.12 bits per heavy atom. The van der Waals surface area contributed by atoms with Crippen LogP contribution >= 0.6 is 0 Å². The number of nitrogens with zero attached hydrogens (tertiary/aromatic N) is 1. The SMILES string of the molecule is OC1CCCC1N1CCCC2(C1)OCCO2. The van der Waals surface area contributed by atoms with E-state index in [1.165, 1.54) is 0 Å². The number of rotatable bonds is 1. The Kier molecular flexibility index (Phi) is 2.92. The van der Waals surface area contributed by atoms with Gasteiger partial charge in [0, 0.05) is 12.5 Å². The van der Waals surface area contributed by atoms with E-state index in [0.29, 0.717) is 6.04 Å². The van der Waals surface area contributed by atoms with Crippen LogP contribution in [0.25, 0.3) is 0 Å². The average molecular weight is 227 g/mol. The second-order valence-electron chi connectivity index (χ2n) is 5.25. The van der Waals surface area contributed by atoms with E-state index in [0.717, 1.165) is 58.4 Å². The molecule has 1 spiro atoms. The van der Waals surface area contributed by atoms with Crippen molar-refractivity contribution in [3.63, 3.8) is 0 Å². The van der Waals surface area contributed by atoms with Crippen LogP contribution in [0.5, 0.6) is 0 Å². The molecule has 4 heteroatoms. The van der Waals surface area contributed by atoms with Crippen molar-refractivity contribution in [3.05, 3.63) is 0 Å². The minimum Gasteiger partial charge on any atom is -0.391 e. The van der Waals surface area contributed by atoms with E-state index in [-0.39, 0.29) is 11.9 Å². The fourth-order valence-corrected chi connectivity index (χ4v) is 3.38. The Balaban J connectivity index is 1.67. The minimum atomic E-state index is -0.347. The molecule has 2 heterocycles. The predicted octanol–water partition coefficient (Wildman–Crippen LogP) is 0.739. The molecule has 4 nitrogen and oxygen atoms in total. The van der Waals surface area contributed by atoms with Gasteiger partial charge in [0.15, 0.2) is 5.79 Å². The Morgan fingerprint density at radius 2 is 1.94 bits per heavy atom. The zero-order valence-electron chi connectivity index (χ0n) is 9.73. The number of aliphatic hydroxyl groups excluding tert-OH is 1. The molecule has 0 bridgehead atoms. The molecule has 1 N–H and O–H groups in total. The molecule has 2 unspecified atom stereocenters. The molecule has 16 heavy (non-hydrogen) atoms. The highest BCUT2D eigenvalue weighted by Gasteiger charge is 2.44. The van der Waals surface area contributed by atoms with Gasteiger partial charge in [0.1, 0.15) is 0 Å². The smallest absolute Gasteiger partial charge is 0.181 e. The Morgan fingerprint density at radius 3 is 2.62 bits per heavy atom. The topological polar surface area (TPSA) is 41.9 Å². The maximum atomic E-state index is 9.95. The van der Waals surface area contributed by atoms with E-state index in [4.69, 9.17) is 9.47 Å². The number of ether oxygens (including phenoxy) is 2. The van der Waals surface area contributed by atoms with Crippen molar-refractivity contribution >= 4 is 0 Å². The molecule has 0 aromatic carbocycles. The van der Waals surface area contributed by atoms with Crippen LogP contribution in [0.1, 0.15) is 32.1 Å². The summed E-state index contributed by atoms with van der Waals surface area (Å²) in [5.41, 5.74) is 0. The second kappa shape index (κ2) is 4.26. The molecular weight excluding hydrogens is 206 g/mol.